The van der Waals surface area contributed by atoms with Crippen molar-refractivity contribution in [2.45, 2.75) is 57.7 Å². The van der Waals surface area contributed by atoms with E-state index in [9.17, 15) is 0 Å². The van der Waals surface area contributed by atoms with Crippen molar-refractivity contribution < 1.29 is 0 Å². The third kappa shape index (κ3) is 1.72. The van der Waals surface area contributed by atoms with E-state index >= 15 is 0 Å². The highest BCUT2D eigenvalue weighted by Crippen LogP contribution is 2.39. The van der Waals surface area contributed by atoms with Crippen molar-refractivity contribution in [2.75, 3.05) is 19.6 Å². The molecule has 0 aromatic carbocycles. The Balaban J connectivity index is 1.70. The highest BCUT2D eigenvalue weighted by molar-refractivity contribution is 5.00. The van der Waals surface area contributed by atoms with Gasteiger partial charge in [0.25, 0.3) is 0 Å². The van der Waals surface area contributed by atoms with Gasteiger partial charge in [0.05, 0.1) is 0 Å². The number of fused-ring (bicyclic) bond motifs is 1. The Morgan fingerprint density at radius 1 is 1.27 bits per heavy atom. The fourth-order valence-electron chi connectivity index (χ4n) is 3.64. The van der Waals surface area contributed by atoms with Crippen LogP contribution in [0.2, 0.25) is 0 Å². The zero-order valence-electron chi connectivity index (χ0n) is 10.2. The van der Waals surface area contributed by atoms with Crippen LogP contribution in [0.5, 0.6) is 0 Å². The van der Waals surface area contributed by atoms with Crippen molar-refractivity contribution >= 4 is 0 Å². The Morgan fingerprint density at radius 3 is 2.73 bits per heavy atom. The standard InChI is InChI=1S/C13H24N2/c1-3-11-8-14-6-4-5-12(14)9-15(11)13-7-10(13)2/h10-13H,3-9H2,1-2H3. The van der Waals surface area contributed by atoms with E-state index in [0.717, 1.165) is 24.0 Å². The number of rotatable bonds is 2. The Bertz CT molecular complexity index is 241. The average Bonchev–Trinajstić information content (AvgIpc) is 2.79. The third-order valence-corrected chi connectivity index (χ3v) is 4.80. The van der Waals surface area contributed by atoms with E-state index in [1.54, 1.807) is 0 Å². The van der Waals surface area contributed by atoms with E-state index in [1.165, 1.54) is 45.3 Å². The molecule has 2 heteroatoms. The highest BCUT2D eigenvalue weighted by Gasteiger charge is 2.45. The molecule has 0 aromatic heterocycles. The molecule has 3 rings (SSSR count). The molecule has 0 N–H and O–H groups in total. The van der Waals surface area contributed by atoms with E-state index in [1.807, 2.05) is 0 Å². The van der Waals surface area contributed by atoms with E-state index in [-0.39, 0.29) is 0 Å². The van der Waals surface area contributed by atoms with Gasteiger partial charge >= 0.3 is 0 Å². The SMILES string of the molecule is CCC1CN2CCCC2CN1C1CC1C. The molecule has 4 unspecified atom stereocenters. The Labute approximate surface area is 93.6 Å². The second-order valence-electron chi connectivity index (χ2n) is 5.83. The molecule has 0 aromatic rings. The van der Waals surface area contributed by atoms with Gasteiger partial charge in [-0.3, -0.25) is 9.80 Å². The minimum absolute atomic E-state index is 0.856. The molecule has 0 radical (unpaired) electrons. The molecule has 86 valence electrons. The lowest BCUT2D eigenvalue weighted by molar-refractivity contribution is 0.0404. The minimum Gasteiger partial charge on any atom is -0.298 e. The van der Waals surface area contributed by atoms with Gasteiger partial charge in [-0.15, -0.1) is 0 Å². The maximum Gasteiger partial charge on any atom is 0.0224 e. The van der Waals surface area contributed by atoms with Crippen molar-refractivity contribution in [1.82, 2.24) is 9.80 Å². The summed E-state index contributed by atoms with van der Waals surface area (Å²) in [4.78, 5) is 5.59. The monoisotopic (exact) mass is 208 g/mol. The van der Waals surface area contributed by atoms with Crippen LogP contribution in [0.4, 0.5) is 0 Å². The van der Waals surface area contributed by atoms with Crippen LogP contribution in [0, 0.1) is 5.92 Å². The molecule has 0 bridgehead atoms. The van der Waals surface area contributed by atoms with Crippen LogP contribution < -0.4 is 0 Å². The van der Waals surface area contributed by atoms with E-state index < -0.39 is 0 Å². The zero-order valence-corrected chi connectivity index (χ0v) is 10.2. The van der Waals surface area contributed by atoms with Gasteiger partial charge in [0.1, 0.15) is 0 Å². The summed E-state index contributed by atoms with van der Waals surface area (Å²) in [5, 5.41) is 0. The predicted molar refractivity (Wildman–Crippen MR) is 62.9 cm³/mol. The Hall–Kier alpha value is -0.0800. The molecular formula is C13H24N2. The largest absolute Gasteiger partial charge is 0.298 e. The first-order chi connectivity index (χ1) is 7.29. The summed E-state index contributed by atoms with van der Waals surface area (Å²) in [5.74, 6) is 0.979. The summed E-state index contributed by atoms with van der Waals surface area (Å²) in [6.45, 7) is 8.87. The van der Waals surface area contributed by atoms with Crippen molar-refractivity contribution in [1.29, 1.82) is 0 Å². The smallest absolute Gasteiger partial charge is 0.0224 e. The summed E-state index contributed by atoms with van der Waals surface area (Å²) in [7, 11) is 0. The third-order valence-electron chi connectivity index (χ3n) is 4.80. The lowest BCUT2D eigenvalue weighted by Crippen LogP contribution is -2.56. The summed E-state index contributed by atoms with van der Waals surface area (Å²) >= 11 is 0. The molecule has 0 amide bonds. The van der Waals surface area contributed by atoms with Gasteiger partial charge in [0.2, 0.25) is 0 Å². The van der Waals surface area contributed by atoms with Gasteiger partial charge in [-0.05, 0) is 38.1 Å². The van der Waals surface area contributed by atoms with E-state index in [4.69, 9.17) is 0 Å². The van der Waals surface area contributed by atoms with Crippen LogP contribution in [0.1, 0.15) is 39.5 Å². The molecular weight excluding hydrogens is 184 g/mol. The van der Waals surface area contributed by atoms with Crippen molar-refractivity contribution in [3.8, 4) is 0 Å². The van der Waals surface area contributed by atoms with Crippen LogP contribution in [-0.2, 0) is 0 Å². The molecule has 3 aliphatic rings. The van der Waals surface area contributed by atoms with Gasteiger partial charge < -0.3 is 0 Å². The number of hydrogen-bond acceptors (Lipinski definition) is 2. The topological polar surface area (TPSA) is 6.48 Å². The maximum atomic E-state index is 2.84. The first-order valence-corrected chi connectivity index (χ1v) is 6.79. The average molecular weight is 208 g/mol. The molecule has 2 saturated heterocycles. The molecule has 15 heavy (non-hydrogen) atoms. The van der Waals surface area contributed by atoms with Crippen molar-refractivity contribution in [3.63, 3.8) is 0 Å². The summed E-state index contributed by atoms with van der Waals surface area (Å²) in [6.07, 6.45) is 5.69. The molecule has 1 saturated carbocycles. The van der Waals surface area contributed by atoms with Gasteiger partial charge in [0.15, 0.2) is 0 Å². The second kappa shape index (κ2) is 3.74. The quantitative estimate of drug-likeness (QED) is 0.684. The molecule has 3 fully saturated rings. The minimum atomic E-state index is 0.856. The van der Waals surface area contributed by atoms with Crippen LogP contribution in [-0.4, -0.2) is 47.6 Å². The molecule has 4 atom stereocenters. The van der Waals surface area contributed by atoms with E-state index in [0.29, 0.717) is 0 Å². The van der Waals surface area contributed by atoms with Crippen molar-refractivity contribution in [2.24, 2.45) is 5.92 Å². The number of hydrogen-bond donors (Lipinski definition) is 0. The maximum absolute atomic E-state index is 2.84. The summed E-state index contributed by atoms with van der Waals surface area (Å²) < 4.78 is 0. The fraction of sp³-hybridized carbons (Fsp3) is 1.00. The molecule has 0 spiro atoms. The van der Waals surface area contributed by atoms with Gasteiger partial charge in [0, 0.05) is 31.2 Å². The van der Waals surface area contributed by atoms with Crippen LogP contribution in [0.15, 0.2) is 0 Å². The summed E-state index contributed by atoms with van der Waals surface area (Å²) in [6, 6.07) is 2.70. The molecule has 1 aliphatic carbocycles. The Kier molecular flexibility index (Phi) is 2.52. The van der Waals surface area contributed by atoms with Crippen molar-refractivity contribution in [3.05, 3.63) is 0 Å². The zero-order chi connectivity index (χ0) is 10.4. The number of nitrogens with zero attached hydrogens (tertiary/aromatic N) is 2. The normalized spacial score (nSPS) is 46.8. The molecule has 2 heterocycles. The summed E-state index contributed by atoms with van der Waals surface area (Å²) in [5.41, 5.74) is 0. The predicted octanol–water partition coefficient (Wildman–Crippen LogP) is 1.95. The lowest BCUT2D eigenvalue weighted by atomic mass is 10.0. The van der Waals surface area contributed by atoms with Crippen LogP contribution in [0.3, 0.4) is 0 Å². The second-order valence-corrected chi connectivity index (χ2v) is 5.83. The fourth-order valence-corrected chi connectivity index (χ4v) is 3.64. The molecule has 2 nitrogen and oxygen atoms in total. The molecule has 2 aliphatic heterocycles. The lowest BCUT2D eigenvalue weighted by Gasteiger charge is -2.44. The van der Waals surface area contributed by atoms with Gasteiger partial charge in [-0.1, -0.05) is 13.8 Å². The van der Waals surface area contributed by atoms with Crippen LogP contribution >= 0.6 is 0 Å². The first-order valence-electron chi connectivity index (χ1n) is 6.79. The highest BCUT2D eigenvalue weighted by atomic mass is 15.3. The first kappa shape index (κ1) is 10.1. The van der Waals surface area contributed by atoms with E-state index in [2.05, 4.69) is 23.6 Å². The van der Waals surface area contributed by atoms with Gasteiger partial charge in [-0.2, -0.15) is 0 Å². The van der Waals surface area contributed by atoms with Gasteiger partial charge in [-0.25, -0.2) is 0 Å². The Morgan fingerprint density at radius 2 is 2.07 bits per heavy atom. The number of piperazine rings is 1. The van der Waals surface area contributed by atoms with Crippen LogP contribution in [0.25, 0.3) is 0 Å².